The van der Waals surface area contributed by atoms with Gasteiger partial charge in [0.05, 0.1) is 18.2 Å². The van der Waals surface area contributed by atoms with Gasteiger partial charge in [-0.25, -0.2) is 4.98 Å². The van der Waals surface area contributed by atoms with E-state index in [1.165, 1.54) is 0 Å². The van der Waals surface area contributed by atoms with Crippen molar-refractivity contribution in [1.82, 2.24) is 14.5 Å². The third-order valence-electron chi connectivity index (χ3n) is 2.38. The van der Waals surface area contributed by atoms with E-state index in [1.54, 1.807) is 18.5 Å². The molecule has 0 unspecified atom stereocenters. The Balaban J connectivity index is 2.33. The zero-order valence-corrected chi connectivity index (χ0v) is 9.94. The Hall–Kier alpha value is -1.49. The first-order valence-electron chi connectivity index (χ1n) is 5.02. The highest BCUT2D eigenvalue weighted by molar-refractivity contribution is 7.98. The van der Waals surface area contributed by atoms with Gasteiger partial charge in [0.2, 0.25) is 0 Å². The van der Waals surface area contributed by atoms with E-state index in [0.717, 1.165) is 29.2 Å². The fourth-order valence-electron chi connectivity index (χ4n) is 1.53. The number of anilines is 1. The van der Waals surface area contributed by atoms with E-state index in [0.29, 0.717) is 0 Å². The summed E-state index contributed by atoms with van der Waals surface area (Å²) in [6.07, 6.45) is 9.23. The molecule has 0 aliphatic heterocycles. The van der Waals surface area contributed by atoms with Gasteiger partial charge >= 0.3 is 0 Å². The molecule has 2 aromatic heterocycles. The fourth-order valence-corrected chi connectivity index (χ4v) is 1.91. The predicted octanol–water partition coefficient (Wildman–Crippen LogP) is 1.89. The molecule has 0 atom stereocenters. The van der Waals surface area contributed by atoms with Gasteiger partial charge in [-0.2, -0.15) is 11.8 Å². The Labute approximate surface area is 98.9 Å². The molecule has 0 radical (unpaired) electrons. The number of aromatic nitrogens is 3. The molecule has 84 valence electrons. The maximum Gasteiger partial charge on any atom is 0.0951 e. The quantitative estimate of drug-likeness (QED) is 0.877. The summed E-state index contributed by atoms with van der Waals surface area (Å²) in [4.78, 5) is 8.26. The van der Waals surface area contributed by atoms with Gasteiger partial charge in [-0.3, -0.25) is 4.98 Å². The summed E-state index contributed by atoms with van der Waals surface area (Å²) in [5.74, 6) is 1.06. The number of hydrogen-bond acceptors (Lipinski definition) is 4. The van der Waals surface area contributed by atoms with Gasteiger partial charge in [0, 0.05) is 35.9 Å². The molecule has 2 N–H and O–H groups in total. The van der Waals surface area contributed by atoms with Crippen molar-refractivity contribution in [3.63, 3.8) is 0 Å². The lowest BCUT2D eigenvalue weighted by Gasteiger charge is -2.08. The van der Waals surface area contributed by atoms with Crippen LogP contribution in [0.5, 0.6) is 0 Å². The van der Waals surface area contributed by atoms with Gasteiger partial charge in [0.15, 0.2) is 0 Å². The van der Waals surface area contributed by atoms with E-state index < -0.39 is 0 Å². The average molecular weight is 234 g/mol. The molecule has 2 rings (SSSR count). The third kappa shape index (κ3) is 2.19. The molecule has 0 bridgehead atoms. The van der Waals surface area contributed by atoms with Crippen LogP contribution in [0, 0.1) is 0 Å². The monoisotopic (exact) mass is 234 g/mol. The van der Waals surface area contributed by atoms with Crippen molar-refractivity contribution in [2.24, 2.45) is 0 Å². The van der Waals surface area contributed by atoms with Gasteiger partial charge in [-0.05, 0) is 12.3 Å². The van der Waals surface area contributed by atoms with Crippen molar-refractivity contribution in [2.45, 2.75) is 6.54 Å². The molecule has 0 saturated carbocycles. The van der Waals surface area contributed by atoms with Gasteiger partial charge in [0.25, 0.3) is 0 Å². The Morgan fingerprint density at radius 3 is 3.00 bits per heavy atom. The van der Waals surface area contributed by atoms with Gasteiger partial charge in [0.1, 0.15) is 0 Å². The SMILES string of the molecule is CSCCn1cncc1-c1cnccc1N. The van der Waals surface area contributed by atoms with Crippen LogP contribution in [-0.4, -0.2) is 26.5 Å². The van der Waals surface area contributed by atoms with Crippen LogP contribution in [0.25, 0.3) is 11.3 Å². The second kappa shape index (κ2) is 5.03. The van der Waals surface area contributed by atoms with Crippen molar-refractivity contribution in [3.8, 4) is 11.3 Å². The Morgan fingerprint density at radius 1 is 1.38 bits per heavy atom. The third-order valence-corrected chi connectivity index (χ3v) is 2.97. The summed E-state index contributed by atoms with van der Waals surface area (Å²) >= 11 is 1.81. The van der Waals surface area contributed by atoms with Gasteiger partial charge < -0.3 is 10.3 Å². The maximum absolute atomic E-state index is 5.92. The van der Waals surface area contributed by atoms with Crippen LogP contribution in [0.2, 0.25) is 0 Å². The van der Waals surface area contributed by atoms with E-state index in [-0.39, 0.29) is 0 Å². The number of hydrogen-bond donors (Lipinski definition) is 1. The van der Waals surface area contributed by atoms with Crippen LogP contribution < -0.4 is 5.73 Å². The second-order valence-electron chi connectivity index (χ2n) is 3.43. The molecule has 4 nitrogen and oxygen atoms in total. The molecule has 16 heavy (non-hydrogen) atoms. The highest BCUT2D eigenvalue weighted by Crippen LogP contribution is 2.24. The molecule has 0 saturated heterocycles. The van der Waals surface area contributed by atoms with Crippen molar-refractivity contribution in [1.29, 1.82) is 0 Å². The molecular formula is C11H14N4S. The number of imidazole rings is 1. The number of thioether (sulfide) groups is 1. The van der Waals surface area contributed by atoms with Gasteiger partial charge in [-0.1, -0.05) is 0 Å². The minimum Gasteiger partial charge on any atom is -0.398 e. The molecule has 0 spiro atoms. The summed E-state index contributed by atoms with van der Waals surface area (Å²) in [5.41, 5.74) is 8.63. The van der Waals surface area contributed by atoms with E-state index in [4.69, 9.17) is 5.73 Å². The molecule has 0 aliphatic carbocycles. The van der Waals surface area contributed by atoms with E-state index in [2.05, 4.69) is 20.8 Å². The van der Waals surface area contributed by atoms with Crippen LogP contribution in [0.4, 0.5) is 5.69 Å². The fraction of sp³-hybridized carbons (Fsp3) is 0.273. The largest absolute Gasteiger partial charge is 0.398 e. The smallest absolute Gasteiger partial charge is 0.0951 e. The number of rotatable bonds is 4. The van der Waals surface area contributed by atoms with Gasteiger partial charge in [-0.15, -0.1) is 0 Å². The maximum atomic E-state index is 5.92. The van der Waals surface area contributed by atoms with Crippen LogP contribution in [-0.2, 0) is 6.54 Å². The normalized spacial score (nSPS) is 10.6. The molecule has 0 aliphatic rings. The summed E-state index contributed by atoms with van der Waals surface area (Å²) in [6.45, 7) is 0.935. The van der Waals surface area contributed by atoms with Crippen LogP contribution in [0.3, 0.4) is 0 Å². The van der Waals surface area contributed by atoms with Crippen molar-refractivity contribution in [3.05, 3.63) is 31.0 Å². The van der Waals surface area contributed by atoms with Crippen molar-refractivity contribution < 1.29 is 0 Å². The highest BCUT2D eigenvalue weighted by Gasteiger charge is 2.07. The highest BCUT2D eigenvalue weighted by atomic mass is 32.2. The lowest BCUT2D eigenvalue weighted by atomic mass is 10.2. The lowest BCUT2D eigenvalue weighted by Crippen LogP contribution is -2.02. The Morgan fingerprint density at radius 2 is 2.25 bits per heavy atom. The first-order chi connectivity index (χ1) is 7.83. The summed E-state index contributed by atoms with van der Waals surface area (Å²) in [6, 6.07) is 1.81. The molecule has 2 aromatic rings. The number of aryl methyl sites for hydroxylation is 1. The Kier molecular flexibility index (Phi) is 3.46. The van der Waals surface area contributed by atoms with Crippen molar-refractivity contribution in [2.75, 3.05) is 17.7 Å². The molecular weight excluding hydrogens is 220 g/mol. The topological polar surface area (TPSA) is 56.7 Å². The Bertz CT molecular complexity index is 467. The summed E-state index contributed by atoms with van der Waals surface area (Å²) in [7, 11) is 0. The molecule has 5 heteroatoms. The molecule has 0 amide bonds. The van der Waals surface area contributed by atoms with Crippen LogP contribution in [0.1, 0.15) is 0 Å². The molecule has 0 aromatic carbocycles. The number of nitrogen functional groups attached to an aromatic ring is 1. The zero-order chi connectivity index (χ0) is 11.4. The lowest BCUT2D eigenvalue weighted by molar-refractivity contribution is 0.778. The first-order valence-corrected chi connectivity index (χ1v) is 6.41. The standard InChI is InChI=1S/C11H14N4S/c1-16-5-4-15-8-14-7-11(15)9-6-13-3-2-10(9)12/h2-3,6-8H,4-5H2,1H3,(H2,12,13). The molecule has 0 fully saturated rings. The molecule has 2 heterocycles. The zero-order valence-electron chi connectivity index (χ0n) is 9.13. The minimum atomic E-state index is 0.737. The van der Waals surface area contributed by atoms with E-state index in [1.807, 2.05) is 24.3 Å². The summed E-state index contributed by atoms with van der Waals surface area (Å²) < 4.78 is 2.10. The van der Waals surface area contributed by atoms with E-state index >= 15 is 0 Å². The second-order valence-corrected chi connectivity index (χ2v) is 4.41. The van der Waals surface area contributed by atoms with E-state index in [9.17, 15) is 0 Å². The number of nitrogens with zero attached hydrogens (tertiary/aromatic N) is 3. The van der Waals surface area contributed by atoms with Crippen molar-refractivity contribution >= 4 is 17.4 Å². The minimum absolute atomic E-state index is 0.737. The van der Waals surface area contributed by atoms with Crippen LogP contribution >= 0.6 is 11.8 Å². The predicted molar refractivity (Wildman–Crippen MR) is 68.3 cm³/mol. The average Bonchev–Trinajstić information content (AvgIpc) is 2.75. The summed E-state index contributed by atoms with van der Waals surface area (Å²) in [5, 5.41) is 0. The van der Waals surface area contributed by atoms with Crippen LogP contribution in [0.15, 0.2) is 31.0 Å². The number of pyridine rings is 1. The first kappa shape index (κ1) is 11.0. The number of nitrogens with two attached hydrogens (primary N) is 1.